The molecule has 5 fully saturated rings. The van der Waals surface area contributed by atoms with Gasteiger partial charge in [-0.2, -0.15) is 0 Å². The lowest BCUT2D eigenvalue weighted by molar-refractivity contribution is -0.235. The number of hydrogen-bond donors (Lipinski definition) is 0. The lowest BCUT2D eigenvalue weighted by Crippen LogP contribution is -2.65. The molecule has 5 aliphatic rings. The molecule has 5 aliphatic carbocycles. The van der Waals surface area contributed by atoms with Crippen molar-refractivity contribution < 1.29 is 0 Å². The van der Waals surface area contributed by atoms with Gasteiger partial charge in [0.25, 0.3) is 0 Å². The lowest BCUT2D eigenvalue weighted by atomic mass is 9.32. The fourth-order valence-corrected chi connectivity index (χ4v) is 11.6. The van der Waals surface area contributed by atoms with Crippen LogP contribution in [0.25, 0.3) is 0 Å². The van der Waals surface area contributed by atoms with Crippen molar-refractivity contribution in [3.05, 3.63) is 12.2 Å². The van der Waals surface area contributed by atoms with E-state index in [0.29, 0.717) is 27.1 Å². The summed E-state index contributed by atoms with van der Waals surface area (Å²) in [6.07, 6.45) is 16.2. The highest BCUT2D eigenvalue weighted by Gasteiger charge is 2.69. The Morgan fingerprint density at radius 2 is 1.43 bits per heavy atom. The molecule has 30 heavy (non-hydrogen) atoms. The standard InChI is InChI=1S/C30H50/c1-20(2)21-12-16-27(5)18-19-29(7)22(25(21)27)10-11-24-28(6)15-9-14-26(3,4)23(28)13-17-30(24,29)8/h21-25H,1,9-19H2,2-8H3/t21?,22?,23-,24?,25+,27?,28?,29+,30?/m0/s1. The minimum absolute atomic E-state index is 0.535. The van der Waals surface area contributed by atoms with Crippen LogP contribution in [0.1, 0.15) is 119 Å². The van der Waals surface area contributed by atoms with Crippen molar-refractivity contribution >= 4 is 0 Å². The largest absolute Gasteiger partial charge is 0.0998 e. The van der Waals surface area contributed by atoms with E-state index in [2.05, 4.69) is 55.0 Å². The lowest BCUT2D eigenvalue weighted by Gasteiger charge is -2.72. The van der Waals surface area contributed by atoms with Gasteiger partial charge in [0.05, 0.1) is 0 Å². The van der Waals surface area contributed by atoms with Crippen LogP contribution in [0.3, 0.4) is 0 Å². The fourth-order valence-electron chi connectivity index (χ4n) is 11.6. The molecular weight excluding hydrogens is 360 g/mol. The molecule has 0 aromatic heterocycles. The van der Waals surface area contributed by atoms with Crippen LogP contribution in [0.15, 0.2) is 12.2 Å². The summed E-state index contributed by atoms with van der Waals surface area (Å²) in [6.45, 7) is 23.0. The molecule has 0 amide bonds. The first-order chi connectivity index (χ1) is 13.9. The van der Waals surface area contributed by atoms with Crippen LogP contribution in [0, 0.1) is 56.7 Å². The van der Waals surface area contributed by atoms with Gasteiger partial charge < -0.3 is 0 Å². The number of fused-ring (bicyclic) bond motifs is 7. The van der Waals surface area contributed by atoms with Crippen molar-refractivity contribution in [1.29, 1.82) is 0 Å². The van der Waals surface area contributed by atoms with Crippen molar-refractivity contribution in [2.75, 3.05) is 0 Å². The smallest absolute Gasteiger partial charge is 0.0172 e. The summed E-state index contributed by atoms with van der Waals surface area (Å²) in [5.41, 5.74) is 4.28. The molecule has 0 nitrogen and oxygen atoms in total. The van der Waals surface area contributed by atoms with Crippen molar-refractivity contribution in [1.82, 2.24) is 0 Å². The van der Waals surface area contributed by atoms with E-state index in [0.717, 1.165) is 29.6 Å². The normalized spacial score (nSPS) is 57.0. The van der Waals surface area contributed by atoms with Gasteiger partial charge in [-0.25, -0.2) is 0 Å². The van der Waals surface area contributed by atoms with Gasteiger partial charge in [-0.15, -0.1) is 0 Å². The second kappa shape index (κ2) is 6.41. The van der Waals surface area contributed by atoms with Crippen LogP contribution >= 0.6 is 0 Å². The van der Waals surface area contributed by atoms with Gasteiger partial charge in [0.2, 0.25) is 0 Å². The molecule has 0 aliphatic heterocycles. The Bertz CT molecular complexity index is 730. The first kappa shape index (κ1) is 21.6. The zero-order chi connectivity index (χ0) is 21.7. The summed E-state index contributed by atoms with van der Waals surface area (Å²) in [4.78, 5) is 0. The Morgan fingerprint density at radius 3 is 2.13 bits per heavy atom. The Balaban J connectivity index is 1.55. The van der Waals surface area contributed by atoms with Crippen molar-refractivity contribution in [2.45, 2.75) is 119 Å². The second-order valence-electron chi connectivity index (χ2n) is 14.7. The molecule has 0 saturated heterocycles. The maximum atomic E-state index is 4.50. The van der Waals surface area contributed by atoms with Crippen molar-refractivity contribution in [2.24, 2.45) is 56.7 Å². The van der Waals surface area contributed by atoms with E-state index in [9.17, 15) is 0 Å². The molecule has 0 N–H and O–H groups in total. The maximum absolute atomic E-state index is 4.50. The maximum Gasteiger partial charge on any atom is -0.0172 e. The van der Waals surface area contributed by atoms with E-state index in [1.165, 1.54) is 76.2 Å². The van der Waals surface area contributed by atoms with E-state index in [1.807, 2.05) is 0 Å². The Morgan fingerprint density at radius 1 is 0.700 bits per heavy atom. The van der Waals surface area contributed by atoms with Gasteiger partial charge in [-0.05, 0) is 128 Å². The quantitative estimate of drug-likeness (QED) is 0.378. The summed E-state index contributed by atoms with van der Waals surface area (Å²) in [7, 11) is 0. The zero-order valence-electron chi connectivity index (χ0n) is 21.4. The van der Waals surface area contributed by atoms with E-state index in [4.69, 9.17) is 0 Å². The van der Waals surface area contributed by atoms with Gasteiger partial charge in [-0.3, -0.25) is 0 Å². The molecule has 0 heterocycles. The van der Waals surface area contributed by atoms with Gasteiger partial charge in [-0.1, -0.05) is 60.1 Å². The van der Waals surface area contributed by atoms with Crippen LogP contribution in [0.4, 0.5) is 0 Å². The molecule has 0 bridgehead atoms. The van der Waals surface area contributed by atoms with E-state index in [-0.39, 0.29) is 0 Å². The number of hydrogen-bond acceptors (Lipinski definition) is 0. The van der Waals surface area contributed by atoms with Gasteiger partial charge in [0.1, 0.15) is 0 Å². The van der Waals surface area contributed by atoms with Gasteiger partial charge in [0.15, 0.2) is 0 Å². The SMILES string of the molecule is C=C(C)C1CCC2(C)CC[C@]3(C)C(CCC4C5(C)CCCC(C)(C)[C@@H]5CCC43C)[C@@H]12. The first-order valence-electron chi connectivity index (χ1n) is 13.5. The summed E-state index contributed by atoms with van der Waals surface area (Å²) in [5.74, 6) is 4.51. The predicted molar refractivity (Wildman–Crippen MR) is 129 cm³/mol. The molecule has 5 rings (SSSR count). The average molecular weight is 411 g/mol. The Labute approximate surface area is 188 Å². The second-order valence-corrected chi connectivity index (χ2v) is 14.7. The molecule has 5 saturated carbocycles. The van der Waals surface area contributed by atoms with Crippen LogP contribution < -0.4 is 0 Å². The monoisotopic (exact) mass is 410 g/mol. The number of rotatable bonds is 1. The molecule has 0 radical (unpaired) electrons. The third-order valence-electron chi connectivity index (χ3n) is 13.2. The third-order valence-corrected chi connectivity index (χ3v) is 13.2. The highest BCUT2D eigenvalue weighted by molar-refractivity contribution is 5.20. The number of allylic oxidation sites excluding steroid dienone is 1. The minimum Gasteiger partial charge on any atom is -0.0998 e. The predicted octanol–water partition coefficient (Wildman–Crippen LogP) is 9.05. The van der Waals surface area contributed by atoms with Crippen LogP contribution in [-0.4, -0.2) is 0 Å². The summed E-state index contributed by atoms with van der Waals surface area (Å²) >= 11 is 0. The minimum atomic E-state index is 0.535. The molecule has 0 aromatic carbocycles. The molecular formula is C30H50. The summed E-state index contributed by atoms with van der Waals surface area (Å²) in [5, 5.41) is 0. The van der Waals surface area contributed by atoms with Crippen molar-refractivity contribution in [3.63, 3.8) is 0 Å². The molecule has 6 unspecified atom stereocenters. The Kier molecular flexibility index (Phi) is 4.61. The van der Waals surface area contributed by atoms with E-state index < -0.39 is 0 Å². The highest BCUT2D eigenvalue weighted by Crippen LogP contribution is 2.77. The summed E-state index contributed by atoms with van der Waals surface area (Å²) in [6, 6.07) is 0. The van der Waals surface area contributed by atoms with Crippen molar-refractivity contribution in [3.8, 4) is 0 Å². The van der Waals surface area contributed by atoms with Crippen LogP contribution in [0.2, 0.25) is 0 Å². The van der Waals surface area contributed by atoms with Gasteiger partial charge >= 0.3 is 0 Å². The van der Waals surface area contributed by atoms with Crippen LogP contribution in [-0.2, 0) is 0 Å². The summed E-state index contributed by atoms with van der Waals surface area (Å²) < 4.78 is 0. The topological polar surface area (TPSA) is 0 Å². The zero-order valence-corrected chi connectivity index (χ0v) is 21.4. The van der Waals surface area contributed by atoms with Crippen LogP contribution in [0.5, 0.6) is 0 Å². The molecule has 0 heteroatoms. The van der Waals surface area contributed by atoms with E-state index >= 15 is 0 Å². The average Bonchev–Trinajstić information content (AvgIpc) is 2.99. The Hall–Kier alpha value is -0.260. The first-order valence-corrected chi connectivity index (χ1v) is 13.5. The fraction of sp³-hybridized carbons (Fsp3) is 0.933. The third kappa shape index (κ3) is 2.52. The molecule has 0 spiro atoms. The molecule has 9 atom stereocenters. The molecule has 0 aromatic rings. The van der Waals surface area contributed by atoms with Gasteiger partial charge in [0, 0.05) is 0 Å². The van der Waals surface area contributed by atoms with E-state index in [1.54, 1.807) is 0 Å². The highest BCUT2D eigenvalue weighted by atomic mass is 14.7. The molecule has 170 valence electrons.